The van der Waals surface area contributed by atoms with Crippen LogP contribution in [0.4, 0.5) is 0 Å². The Labute approximate surface area is 152 Å². The van der Waals surface area contributed by atoms with Crippen molar-refractivity contribution in [3.05, 3.63) is 35.4 Å². The molecule has 1 heterocycles. The number of nitrogens with two attached hydrogens (primary N) is 1. The van der Waals surface area contributed by atoms with E-state index < -0.39 is 6.04 Å². The zero-order valence-corrected chi connectivity index (χ0v) is 15.4. The summed E-state index contributed by atoms with van der Waals surface area (Å²) in [7, 11) is 1.64. The summed E-state index contributed by atoms with van der Waals surface area (Å²) in [4.78, 5) is 39.3. The van der Waals surface area contributed by atoms with Crippen LogP contribution in [-0.4, -0.2) is 65.7 Å². The molecule has 0 bridgehead atoms. The molecule has 0 aliphatic carbocycles. The van der Waals surface area contributed by atoms with Gasteiger partial charge >= 0.3 is 0 Å². The van der Waals surface area contributed by atoms with Gasteiger partial charge in [-0.3, -0.25) is 19.3 Å². The monoisotopic (exact) mass is 371 g/mol. The van der Waals surface area contributed by atoms with Gasteiger partial charge in [0.1, 0.15) is 0 Å². The number of carbonyl (C=O) groups is 3. The molecule has 1 aliphatic rings. The molecule has 6 nitrogen and oxygen atoms in total. The normalized spacial score (nSPS) is 14.2. The Morgan fingerprint density at radius 3 is 2.29 bits per heavy atom. The molecular weight excluding hydrogens is 350 g/mol. The summed E-state index contributed by atoms with van der Waals surface area (Å²) in [5, 5.41) is 0. The van der Waals surface area contributed by atoms with Crippen LogP contribution in [0.3, 0.4) is 0 Å². The Morgan fingerprint density at radius 2 is 1.79 bits per heavy atom. The number of nitrogens with zero attached hydrogens (tertiary/aromatic N) is 2. The van der Waals surface area contributed by atoms with Crippen LogP contribution in [0.5, 0.6) is 0 Å². The first kappa shape index (κ1) is 20.5. The number of carbonyl (C=O) groups excluding carboxylic acids is 3. The Morgan fingerprint density at radius 1 is 1.25 bits per heavy atom. The number of rotatable bonds is 7. The van der Waals surface area contributed by atoms with E-state index in [0.29, 0.717) is 17.5 Å². The fourth-order valence-electron chi connectivity index (χ4n) is 2.45. The molecule has 0 aromatic heterocycles. The smallest absolute Gasteiger partial charge is 0.261 e. The van der Waals surface area contributed by atoms with Crippen LogP contribution in [0.2, 0.25) is 0 Å². The Balaban J connectivity index is 0.00000288. The molecule has 1 atom stereocenters. The van der Waals surface area contributed by atoms with Crippen LogP contribution in [0.15, 0.2) is 24.3 Å². The average molecular weight is 372 g/mol. The second-order valence-electron chi connectivity index (χ2n) is 5.46. The lowest BCUT2D eigenvalue weighted by atomic mass is 10.1. The lowest BCUT2D eigenvalue weighted by Crippen LogP contribution is -2.45. The number of hydrogen-bond acceptors (Lipinski definition) is 5. The van der Waals surface area contributed by atoms with Crippen molar-refractivity contribution in [2.45, 2.75) is 12.5 Å². The molecule has 1 unspecified atom stereocenters. The topological polar surface area (TPSA) is 83.7 Å². The predicted molar refractivity (Wildman–Crippen MR) is 97.7 cm³/mol. The summed E-state index contributed by atoms with van der Waals surface area (Å²) in [5.41, 5.74) is 6.70. The van der Waals surface area contributed by atoms with Crippen LogP contribution in [-0.2, 0) is 4.79 Å². The van der Waals surface area contributed by atoms with Gasteiger partial charge in [0.15, 0.2) is 0 Å². The van der Waals surface area contributed by atoms with Gasteiger partial charge in [-0.05, 0) is 30.6 Å². The third-order valence-electron chi connectivity index (χ3n) is 3.86. The van der Waals surface area contributed by atoms with Crippen LogP contribution in [0, 0.1) is 0 Å². The van der Waals surface area contributed by atoms with Gasteiger partial charge in [-0.25, -0.2) is 0 Å². The van der Waals surface area contributed by atoms with Crippen molar-refractivity contribution in [1.82, 2.24) is 9.80 Å². The Kier molecular flexibility index (Phi) is 7.72. The molecule has 3 amide bonds. The highest BCUT2D eigenvalue weighted by Crippen LogP contribution is 2.22. The van der Waals surface area contributed by atoms with E-state index in [9.17, 15) is 14.4 Å². The SMILES string of the molecule is CSCCC(N)C(=O)N(C)CCN1C(=O)c2ccccc2C1=O.Cl. The van der Waals surface area contributed by atoms with E-state index in [-0.39, 0.29) is 43.2 Å². The maximum absolute atomic E-state index is 12.2. The Bertz CT molecular complexity index is 591. The summed E-state index contributed by atoms with van der Waals surface area (Å²) in [6, 6.07) is 6.20. The van der Waals surface area contributed by atoms with E-state index in [1.807, 2.05) is 6.26 Å². The van der Waals surface area contributed by atoms with Gasteiger partial charge in [0.05, 0.1) is 17.2 Å². The lowest BCUT2D eigenvalue weighted by molar-refractivity contribution is -0.131. The quantitative estimate of drug-likeness (QED) is 0.729. The lowest BCUT2D eigenvalue weighted by Gasteiger charge is -2.23. The minimum atomic E-state index is -0.547. The first-order valence-electron chi connectivity index (χ1n) is 7.42. The number of thioether (sulfide) groups is 1. The maximum Gasteiger partial charge on any atom is 0.261 e. The van der Waals surface area contributed by atoms with Gasteiger partial charge in [-0.15, -0.1) is 12.4 Å². The van der Waals surface area contributed by atoms with Crippen molar-refractivity contribution in [1.29, 1.82) is 0 Å². The Hall–Kier alpha value is -1.57. The number of imide groups is 1. The zero-order valence-electron chi connectivity index (χ0n) is 13.7. The van der Waals surface area contributed by atoms with Crippen molar-refractivity contribution in [2.24, 2.45) is 5.73 Å². The molecule has 0 saturated heterocycles. The highest BCUT2D eigenvalue weighted by molar-refractivity contribution is 7.98. The van der Waals surface area contributed by atoms with Crippen molar-refractivity contribution < 1.29 is 14.4 Å². The fourth-order valence-corrected chi connectivity index (χ4v) is 2.94. The number of benzene rings is 1. The van der Waals surface area contributed by atoms with Gasteiger partial charge in [0.25, 0.3) is 11.8 Å². The second-order valence-corrected chi connectivity index (χ2v) is 6.44. The summed E-state index contributed by atoms with van der Waals surface area (Å²) in [6.45, 7) is 0.446. The van der Waals surface area contributed by atoms with Gasteiger partial charge in [-0.2, -0.15) is 11.8 Å². The van der Waals surface area contributed by atoms with Crippen LogP contribution in [0.1, 0.15) is 27.1 Å². The van der Waals surface area contributed by atoms with Crippen molar-refractivity contribution in [3.8, 4) is 0 Å². The minimum absolute atomic E-state index is 0. The third-order valence-corrected chi connectivity index (χ3v) is 4.51. The van der Waals surface area contributed by atoms with Crippen molar-refractivity contribution in [3.63, 3.8) is 0 Å². The van der Waals surface area contributed by atoms with Gasteiger partial charge in [-0.1, -0.05) is 12.1 Å². The fraction of sp³-hybridized carbons (Fsp3) is 0.438. The summed E-state index contributed by atoms with van der Waals surface area (Å²) in [5.74, 6) is 0.0333. The molecule has 8 heteroatoms. The number of halogens is 1. The second kappa shape index (κ2) is 9.05. The summed E-state index contributed by atoms with van der Waals surface area (Å²) >= 11 is 1.64. The molecule has 0 radical (unpaired) electrons. The third kappa shape index (κ3) is 4.28. The summed E-state index contributed by atoms with van der Waals surface area (Å²) in [6.07, 6.45) is 2.57. The standard InChI is InChI=1S/C16H21N3O3S.ClH/c1-18(16(22)13(17)7-10-23-2)8-9-19-14(20)11-5-3-4-6-12(11)15(19)21;/h3-6,13H,7-10,17H2,1-2H3;1H. The first-order chi connectivity index (χ1) is 11.0. The highest BCUT2D eigenvalue weighted by atomic mass is 35.5. The van der Waals surface area contributed by atoms with Crippen LogP contribution in [0.25, 0.3) is 0 Å². The molecule has 0 fully saturated rings. The largest absolute Gasteiger partial charge is 0.343 e. The summed E-state index contributed by atoms with van der Waals surface area (Å²) < 4.78 is 0. The van der Waals surface area contributed by atoms with Gasteiger partial charge in [0.2, 0.25) is 5.91 Å². The van der Waals surface area contributed by atoms with Crippen LogP contribution >= 0.6 is 24.2 Å². The number of fused-ring (bicyclic) bond motifs is 1. The predicted octanol–water partition coefficient (Wildman–Crippen LogP) is 1.24. The van der Waals surface area contributed by atoms with Crippen molar-refractivity contribution in [2.75, 3.05) is 32.1 Å². The zero-order chi connectivity index (χ0) is 17.0. The van der Waals surface area contributed by atoms with E-state index in [0.717, 1.165) is 5.75 Å². The van der Waals surface area contributed by atoms with E-state index in [1.165, 1.54) is 9.80 Å². The average Bonchev–Trinajstić information content (AvgIpc) is 2.81. The molecular formula is C16H22ClN3O3S. The highest BCUT2D eigenvalue weighted by Gasteiger charge is 2.35. The van der Waals surface area contributed by atoms with E-state index >= 15 is 0 Å². The molecule has 0 spiro atoms. The van der Waals surface area contributed by atoms with Crippen molar-refractivity contribution >= 4 is 41.9 Å². The first-order valence-corrected chi connectivity index (χ1v) is 8.81. The minimum Gasteiger partial charge on any atom is -0.343 e. The molecule has 2 rings (SSSR count). The molecule has 0 saturated carbocycles. The molecule has 1 aromatic rings. The number of likely N-dealkylation sites (N-methyl/N-ethyl adjacent to an activating group) is 1. The van der Waals surface area contributed by atoms with Gasteiger partial charge in [0, 0.05) is 20.1 Å². The molecule has 1 aliphatic heterocycles. The molecule has 132 valence electrons. The molecule has 2 N–H and O–H groups in total. The number of amides is 3. The van der Waals surface area contributed by atoms with E-state index in [2.05, 4.69) is 0 Å². The number of hydrogen-bond donors (Lipinski definition) is 1. The maximum atomic E-state index is 12.2. The van der Waals surface area contributed by atoms with Gasteiger partial charge < -0.3 is 10.6 Å². The van der Waals surface area contributed by atoms with Crippen LogP contribution < -0.4 is 5.73 Å². The molecule has 24 heavy (non-hydrogen) atoms. The van der Waals surface area contributed by atoms with E-state index in [1.54, 1.807) is 43.1 Å². The van der Waals surface area contributed by atoms with E-state index in [4.69, 9.17) is 5.73 Å². The molecule has 1 aromatic carbocycles.